The number of nitriles is 1. The standard InChI is InChI=1S/C12H9N5O3/c1-16-11(9(6-13)7-14-16)15-12(18)8-3-2-4-10(5-8)17(19)20/h2-5,7H,1H3,(H,15,18). The number of hydrogen-bond donors (Lipinski definition) is 1. The lowest BCUT2D eigenvalue weighted by Gasteiger charge is -2.05. The van der Waals surface area contributed by atoms with Crippen LogP contribution < -0.4 is 5.32 Å². The van der Waals surface area contributed by atoms with Gasteiger partial charge in [0.25, 0.3) is 11.6 Å². The van der Waals surface area contributed by atoms with Crippen LogP contribution in [0.1, 0.15) is 15.9 Å². The van der Waals surface area contributed by atoms with Crippen molar-refractivity contribution in [3.8, 4) is 6.07 Å². The van der Waals surface area contributed by atoms with E-state index in [0.29, 0.717) is 0 Å². The van der Waals surface area contributed by atoms with Gasteiger partial charge in [-0.15, -0.1) is 0 Å². The normalized spacial score (nSPS) is 9.80. The van der Waals surface area contributed by atoms with Gasteiger partial charge in [0, 0.05) is 24.7 Å². The average Bonchev–Trinajstić information content (AvgIpc) is 2.79. The topological polar surface area (TPSA) is 114 Å². The van der Waals surface area contributed by atoms with Crippen molar-refractivity contribution in [2.24, 2.45) is 7.05 Å². The molecule has 0 unspecified atom stereocenters. The summed E-state index contributed by atoms with van der Waals surface area (Å²) < 4.78 is 1.34. The molecule has 0 saturated carbocycles. The van der Waals surface area contributed by atoms with E-state index in [2.05, 4.69) is 10.4 Å². The summed E-state index contributed by atoms with van der Waals surface area (Å²) in [5.41, 5.74) is 0.165. The summed E-state index contributed by atoms with van der Waals surface area (Å²) in [4.78, 5) is 22.1. The van der Waals surface area contributed by atoms with Gasteiger partial charge in [-0.2, -0.15) is 10.4 Å². The summed E-state index contributed by atoms with van der Waals surface area (Å²) in [6.07, 6.45) is 1.32. The molecule has 100 valence electrons. The maximum atomic E-state index is 12.0. The number of carbonyl (C=O) groups is 1. The molecule has 8 heteroatoms. The first-order valence-corrected chi connectivity index (χ1v) is 5.51. The van der Waals surface area contributed by atoms with Crippen LogP contribution in [0.2, 0.25) is 0 Å². The number of hydrogen-bond acceptors (Lipinski definition) is 5. The van der Waals surface area contributed by atoms with Crippen molar-refractivity contribution in [2.75, 3.05) is 5.32 Å². The molecule has 2 rings (SSSR count). The van der Waals surface area contributed by atoms with E-state index in [1.807, 2.05) is 6.07 Å². The van der Waals surface area contributed by atoms with Crippen molar-refractivity contribution in [3.05, 3.63) is 51.7 Å². The lowest BCUT2D eigenvalue weighted by Crippen LogP contribution is -2.15. The van der Waals surface area contributed by atoms with Crippen molar-refractivity contribution < 1.29 is 9.72 Å². The highest BCUT2D eigenvalue weighted by atomic mass is 16.6. The number of carbonyl (C=O) groups excluding carboxylic acids is 1. The summed E-state index contributed by atoms with van der Waals surface area (Å²) in [5.74, 6) is -0.308. The Kier molecular flexibility index (Phi) is 3.43. The van der Waals surface area contributed by atoms with Crippen molar-refractivity contribution in [1.82, 2.24) is 9.78 Å². The summed E-state index contributed by atoms with van der Waals surface area (Å²) in [6, 6.07) is 7.22. The molecule has 0 aliphatic rings. The number of rotatable bonds is 3. The second kappa shape index (κ2) is 5.19. The predicted molar refractivity (Wildman–Crippen MR) is 69.0 cm³/mol. The Hall–Kier alpha value is -3.21. The van der Waals surface area contributed by atoms with E-state index in [-0.39, 0.29) is 22.6 Å². The number of nitro benzene ring substituents is 1. The number of nitrogens with zero attached hydrogens (tertiary/aromatic N) is 4. The zero-order chi connectivity index (χ0) is 14.7. The molecular formula is C12H9N5O3. The molecule has 20 heavy (non-hydrogen) atoms. The summed E-state index contributed by atoms with van der Waals surface area (Å²) >= 11 is 0. The minimum atomic E-state index is -0.582. The van der Waals surface area contributed by atoms with Crippen LogP contribution in [0.15, 0.2) is 30.5 Å². The van der Waals surface area contributed by atoms with Gasteiger partial charge < -0.3 is 5.32 Å². The van der Waals surface area contributed by atoms with Gasteiger partial charge in [-0.05, 0) is 6.07 Å². The van der Waals surface area contributed by atoms with Gasteiger partial charge in [0.2, 0.25) is 0 Å². The molecular weight excluding hydrogens is 262 g/mol. The maximum Gasteiger partial charge on any atom is 0.270 e. The Labute approximate surface area is 113 Å². The fourth-order valence-corrected chi connectivity index (χ4v) is 1.61. The monoisotopic (exact) mass is 271 g/mol. The van der Waals surface area contributed by atoms with Gasteiger partial charge in [0.1, 0.15) is 17.5 Å². The summed E-state index contributed by atoms with van der Waals surface area (Å²) in [6.45, 7) is 0. The summed E-state index contributed by atoms with van der Waals surface area (Å²) in [7, 11) is 1.57. The van der Waals surface area contributed by atoms with Gasteiger partial charge in [0.15, 0.2) is 0 Å². The van der Waals surface area contributed by atoms with Crippen LogP contribution in [0.4, 0.5) is 11.5 Å². The largest absolute Gasteiger partial charge is 0.306 e. The zero-order valence-corrected chi connectivity index (χ0v) is 10.4. The number of nitro groups is 1. The molecule has 1 aromatic heterocycles. The fourth-order valence-electron chi connectivity index (χ4n) is 1.61. The highest BCUT2D eigenvalue weighted by molar-refractivity contribution is 6.04. The lowest BCUT2D eigenvalue weighted by atomic mass is 10.2. The van der Waals surface area contributed by atoms with Gasteiger partial charge in [-0.25, -0.2) is 0 Å². The second-order valence-corrected chi connectivity index (χ2v) is 3.90. The highest BCUT2D eigenvalue weighted by Gasteiger charge is 2.15. The van der Waals surface area contributed by atoms with Crippen molar-refractivity contribution in [2.45, 2.75) is 0 Å². The van der Waals surface area contributed by atoms with Crippen molar-refractivity contribution >= 4 is 17.4 Å². The molecule has 0 bridgehead atoms. The maximum absolute atomic E-state index is 12.0. The minimum absolute atomic E-state index is 0.129. The lowest BCUT2D eigenvalue weighted by molar-refractivity contribution is -0.384. The van der Waals surface area contributed by atoms with E-state index in [1.165, 1.54) is 29.1 Å². The van der Waals surface area contributed by atoms with E-state index in [9.17, 15) is 14.9 Å². The van der Waals surface area contributed by atoms with Crippen LogP contribution in [0.5, 0.6) is 0 Å². The van der Waals surface area contributed by atoms with Gasteiger partial charge in [-0.3, -0.25) is 19.6 Å². The number of amides is 1. The molecule has 0 saturated heterocycles. The van der Waals surface area contributed by atoms with E-state index in [1.54, 1.807) is 7.05 Å². The molecule has 0 aliphatic carbocycles. The molecule has 2 aromatic rings. The second-order valence-electron chi connectivity index (χ2n) is 3.90. The van der Waals surface area contributed by atoms with Crippen LogP contribution in [0.25, 0.3) is 0 Å². The third-order valence-corrected chi connectivity index (χ3v) is 2.61. The molecule has 1 heterocycles. The van der Waals surface area contributed by atoms with Crippen LogP contribution in [0, 0.1) is 21.4 Å². The first kappa shape index (κ1) is 13.2. The molecule has 1 N–H and O–H groups in total. The highest BCUT2D eigenvalue weighted by Crippen LogP contribution is 2.17. The zero-order valence-electron chi connectivity index (χ0n) is 10.4. The molecule has 0 aliphatic heterocycles. The molecule has 1 aromatic carbocycles. The quantitative estimate of drug-likeness (QED) is 0.670. The third-order valence-electron chi connectivity index (χ3n) is 2.61. The smallest absolute Gasteiger partial charge is 0.270 e. The van der Waals surface area contributed by atoms with Crippen molar-refractivity contribution in [1.29, 1.82) is 5.26 Å². The molecule has 0 spiro atoms. The Morgan fingerprint density at radius 2 is 2.30 bits per heavy atom. The third kappa shape index (κ3) is 2.46. The van der Waals surface area contributed by atoms with Crippen LogP contribution in [-0.2, 0) is 7.05 Å². The summed E-state index contributed by atoms with van der Waals surface area (Å²) in [5, 5.41) is 25.9. The molecule has 1 amide bonds. The van der Waals surface area contributed by atoms with Crippen molar-refractivity contribution in [3.63, 3.8) is 0 Å². The van der Waals surface area contributed by atoms with Crippen LogP contribution in [0.3, 0.4) is 0 Å². The van der Waals surface area contributed by atoms with E-state index >= 15 is 0 Å². The average molecular weight is 271 g/mol. The van der Waals surface area contributed by atoms with Crippen LogP contribution >= 0.6 is 0 Å². The molecule has 8 nitrogen and oxygen atoms in total. The fraction of sp³-hybridized carbons (Fsp3) is 0.0833. The van der Waals surface area contributed by atoms with E-state index in [0.717, 1.165) is 6.07 Å². The minimum Gasteiger partial charge on any atom is -0.306 e. The number of aromatic nitrogens is 2. The Morgan fingerprint density at radius 1 is 1.55 bits per heavy atom. The molecule has 0 fully saturated rings. The van der Waals surface area contributed by atoms with Crippen LogP contribution in [-0.4, -0.2) is 20.6 Å². The predicted octanol–water partition coefficient (Wildman–Crippen LogP) is 1.45. The Bertz CT molecular complexity index is 729. The van der Waals surface area contributed by atoms with E-state index in [4.69, 9.17) is 5.26 Å². The number of anilines is 1. The number of nitrogens with one attached hydrogen (secondary N) is 1. The molecule has 0 atom stereocenters. The molecule has 0 radical (unpaired) electrons. The SMILES string of the molecule is Cn1ncc(C#N)c1NC(=O)c1cccc([N+](=O)[O-])c1. The van der Waals surface area contributed by atoms with E-state index < -0.39 is 10.8 Å². The Balaban J connectivity index is 2.29. The van der Waals surface area contributed by atoms with Gasteiger partial charge >= 0.3 is 0 Å². The first-order valence-electron chi connectivity index (χ1n) is 5.51. The Morgan fingerprint density at radius 3 is 2.95 bits per heavy atom. The van der Waals surface area contributed by atoms with Gasteiger partial charge in [-0.1, -0.05) is 6.07 Å². The van der Waals surface area contributed by atoms with Gasteiger partial charge in [0.05, 0.1) is 11.1 Å². The first-order chi connectivity index (χ1) is 9.52. The number of non-ortho nitro benzene ring substituents is 1. The number of aryl methyl sites for hydroxylation is 1. The number of benzene rings is 1.